The molecule has 3 saturated carbocycles. The molecule has 60 valence electrons. The summed E-state index contributed by atoms with van der Waals surface area (Å²) in [6, 6.07) is 0. The molecule has 0 heteroatoms. The average Bonchev–Trinajstić information content (AvgIpc) is 2.21. The summed E-state index contributed by atoms with van der Waals surface area (Å²) in [6.07, 6.45) is 6.61. The fourth-order valence-corrected chi connectivity index (χ4v) is 2.48. The van der Waals surface area contributed by atoms with E-state index in [9.17, 15) is 0 Å². The number of hydrogen-bond donors (Lipinski definition) is 0. The van der Waals surface area contributed by atoms with Gasteiger partial charge in [-0.05, 0) is 37.5 Å². The van der Waals surface area contributed by atoms with Gasteiger partial charge in [-0.25, -0.2) is 0 Å². The largest absolute Gasteiger partial charge is 0.0995 e. The van der Waals surface area contributed by atoms with Crippen molar-refractivity contribution in [1.82, 2.24) is 0 Å². The summed E-state index contributed by atoms with van der Waals surface area (Å²) in [5.74, 6) is 1.59. The molecule has 3 fully saturated rings. The third kappa shape index (κ3) is 1.15. The quantitative estimate of drug-likeness (QED) is 0.462. The Morgan fingerprint density at radius 3 is 1.82 bits per heavy atom. The highest BCUT2D eigenvalue weighted by Gasteiger charge is 2.29. The summed E-state index contributed by atoms with van der Waals surface area (Å²) in [4.78, 5) is 0. The molecule has 0 heterocycles. The molecule has 0 amide bonds. The molecule has 0 aliphatic heterocycles. The predicted octanol–water partition coefficient (Wildman–Crippen LogP) is 3.31. The van der Waals surface area contributed by atoms with Gasteiger partial charge in [-0.15, -0.1) is 0 Å². The molecule has 0 radical (unpaired) electrons. The topological polar surface area (TPSA) is 0 Å². The minimum absolute atomic E-state index is 0.793. The summed E-state index contributed by atoms with van der Waals surface area (Å²) in [7, 11) is 0. The normalized spacial score (nSPS) is 37.5. The van der Waals surface area contributed by atoms with Crippen LogP contribution in [0.15, 0.2) is 24.3 Å². The summed E-state index contributed by atoms with van der Waals surface area (Å²) in [5, 5.41) is 0. The molecule has 0 spiro atoms. The zero-order chi connectivity index (χ0) is 7.84. The molecule has 0 nitrogen and oxygen atoms in total. The lowest BCUT2D eigenvalue weighted by Gasteiger charge is -2.27. The molecule has 2 unspecified atom stereocenters. The lowest BCUT2D eigenvalue weighted by atomic mass is 9.78. The van der Waals surface area contributed by atoms with Crippen LogP contribution in [0.2, 0.25) is 0 Å². The smallest absolute Gasteiger partial charge is 0.0168 e. The highest BCUT2D eigenvalue weighted by molar-refractivity contribution is 5.20. The molecule has 3 rings (SSSR count). The number of rotatable bonds is 0. The van der Waals surface area contributed by atoms with Crippen molar-refractivity contribution >= 4 is 0 Å². The highest BCUT2D eigenvalue weighted by atomic mass is 14.3. The number of fused-ring (bicyclic) bond motifs is 4. The van der Waals surface area contributed by atoms with E-state index in [1.165, 1.54) is 43.3 Å². The first-order valence-electron chi connectivity index (χ1n) is 4.62. The van der Waals surface area contributed by atoms with Crippen LogP contribution in [-0.2, 0) is 0 Å². The van der Waals surface area contributed by atoms with Crippen molar-refractivity contribution < 1.29 is 0 Å². The standard InChI is InChI=1S/C11H16/c1-8-6-11-5-3-4-10(8)7-9(11)2/h10-11H,1-7H2. The number of hydrogen-bond acceptors (Lipinski definition) is 0. The minimum atomic E-state index is 0.793. The van der Waals surface area contributed by atoms with Crippen LogP contribution in [0, 0.1) is 11.8 Å². The van der Waals surface area contributed by atoms with E-state index in [2.05, 4.69) is 13.2 Å². The number of allylic oxidation sites excluding steroid dienone is 2. The van der Waals surface area contributed by atoms with Gasteiger partial charge in [0.2, 0.25) is 0 Å². The van der Waals surface area contributed by atoms with Crippen LogP contribution in [0.1, 0.15) is 32.1 Å². The van der Waals surface area contributed by atoms with Gasteiger partial charge in [0.1, 0.15) is 0 Å². The average molecular weight is 148 g/mol. The fourth-order valence-electron chi connectivity index (χ4n) is 2.48. The zero-order valence-corrected chi connectivity index (χ0v) is 7.10. The lowest BCUT2D eigenvalue weighted by molar-refractivity contribution is 0.491. The zero-order valence-electron chi connectivity index (χ0n) is 7.10. The maximum absolute atomic E-state index is 4.15. The van der Waals surface area contributed by atoms with Crippen molar-refractivity contribution in [3.63, 3.8) is 0 Å². The SMILES string of the molecule is C=C1CC2CCCC1CC2=C. The third-order valence-corrected chi connectivity index (χ3v) is 3.28. The molecule has 11 heavy (non-hydrogen) atoms. The van der Waals surface area contributed by atoms with Gasteiger partial charge >= 0.3 is 0 Å². The van der Waals surface area contributed by atoms with E-state index >= 15 is 0 Å². The Hall–Kier alpha value is -0.520. The van der Waals surface area contributed by atoms with Crippen molar-refractivity contribution in [2.75, 3.05) is 0 Å². The van der Waals surface area contributed by atoms with Crippen molar-refractivity contribution in [3.8, 4) is 0 Å². The summed E-state index contributed by atoms with van der Waals surface area (Å²) < 4.78 is 0. The summed E-state index contributed by atoms with van der Waals surface area (Å²) >= 11 is 0. The predicted molar refractivity (Wildman–Crippen MR) is 48.3 cm³/mol. The molecular weight excluding hydrogens is 132 g/mol. The molecule has 3 aliphatic carbocycles. The van der Waals surface area contributed by atoms with E-state index < -0.39 is 0 Å². The molecule has 0 saturated heterocycles. The molecule has 2 atom stereocenters. The molecule has 0 aromatic carbocycles. The van der Waals surface area contributed by atoms with Gasteiger partial charge in [-0.3, -0.25) is 0 Å². The van der Waals surface area contributed by atoms with Crippen LogP contribution in [0.5, 0.6) is 0 Å². The molecular formula is C11H16. The Kier molecular flexibility index (Phi) is 1.63. The van der Waals surface area contributed by atoms with Gasteiger partial charge in [0, 0.05) is 0 Å². The Morgan fingerprint density at radius 1 is 0.909 bits per heavy atom. The monoisotopic (exact) mass is 148 g/mol. The second kappa shape index (κ2) is 2.51. The van der Waals surface area contributed by atoms with Crippen molar-refractivity contribution in [3.05, 3.63) is 24.3 Å². The van der Waals surface area contributed by atoms with Gasteiger partial charge in [-0.2, -0.15) is 0 Å². The van der Waals surface area contributed by atoms with E-state index in [4.69, 9.17) is 0 Å². The van der Waals surface area contributed by atoms with E-state index in [1.54, 1.807) is 0 Å². The third-order valence-electron chi connectivity index (χ3n) is 3.28. The lowest BCUT2D eigenvalue weighted by Crippen LogP contribution is -2.14. The summed E-state index contributed by atoms with van der Waals surface area (Å²) in [5.41, 5.74) is 3.00. The van der Waals surface area contributed by atoms with E-state index in [0.29, 0.717) is 0 Å². The minimum Gasteiger partial charge on any atom is -0.0995 e. The maximum Gasteiger partial charge on any atom is -0.0168 e. The van der Waals surface area contributed by atoms with Gasteiger partial charge in [0.05, 0.1) is 0 Å². The van der Waals surface area contributed by atoms with Gasteiger partial charge < -0.3 is 0 Å². The van der Waals surface area contributed by atoms with E-state index in [-0.39, 0.29) is 0 Å². The molecule has 0 aromatic rings. The van der Waals surface area contributed by atoms with Crippen LogP contribution < -0.4 is 0 Å². The molecule has 2 bridgehead atoms. The molecule has 0 N–H and O–H groups in total. The van der Waals surface area contributed by atoms with Crippen molar-refractivity contribution in [2.45, 2.75) is 32.1 Å². The molecule has 0 aromatic heterocycles. The van der Waals surface area contributed by atoms with Crippen LogP contribution in [0.25, 0.3) is 0 Å². The second-order valence-electron chi connectivity index (χ2n) is 4.05. The first-order chi connectivity index (χ1) is 5.27. The Balaban J connectivity index is 2.24. The molecule has 3 aliphatic rings. The van der Waals surface area contributed by atoms with Crippen LogP contribution >= 0.6 is 0 Å². The maximum atomic E-state index is 4.15. The Bertz CT molecular complexity index is 178. The van der Waals surface area contributed by atoms with Crippen LogP contribution in [0.4, 0.5) is 0 Å². The van der Waals surface area contributed by atoms with E-state index in [1.807, 2.05) is 0 Å². The van der Waals surface area contributed by atoms with Crippen LogP contribution in [-0.4, -0.2) is 0 Å². The van der Waals surface area contributed by atoms with E-state index in [0.717, 1.165) is 11.8 Å². The van der Waals surface area contributed by atoms with Crippen LogP contribution in [0.3, 0.4) is 0 Å². The first-order valence-corrected chi connectivity index (χ1v) is 4.62. The van der Waals surface area contributed by atoms with Gasteiger partial charge in [0.15, 0.2) is 0 Å². The van der Waals surface area contributed by atoms with Crippen molar-refractivity contribution in [1.29, 1.82) is 0 Å². The Labute approximate surface area is 69.0 Å². The fraction of sp³-hybridized carbons (Fsp3) is 0.636. The van der Waals surface area contributed by atoms with Crippen molar-refractivity contribution in [2.24, 2.45) is 11.8 Å². The summed E-state index contributed by atoms with van der Waals surface area (Å²) in [6.45, 7) is 8.30. The highest BCUT2D eigenvalue weighted by Crippen LogP contribution is 2.43. The Morgan fingerprint density at radius 2 is 1.36 bits per heavy atom. The second-order valence-corrected chi connectivity index (χ2v) is 4.05. The first kappa shape index (κ1) is 7.15. The van der Waals surface area contributed by atoms with Gasteiger partial charge in [0.25, 0.3) is 0 Å². The van der Waals surface area contributed by atoms with Gasteiger partial charge in [-0.1, -0.05) is 30.7 Å².